The van der Waals surface area contributed by atoms with Crippen molar-refractivity contribution in [3.05, 3.63) is 35.2 Å². The normalized spacial score (nSPS) is 17.2. The van der Waals surface area contributed by atoms with Gasteiger partial charge in [-0.1, -0.05) is 6.07 Å². The van der Waals surface area contributed by atoms with E-state index in [2.05, 4.69) is 4.85 Å². The van der Waals surface area contributed by atoms with E-state index in [-0.39, 0.29) is 38.2 Å². The summed E-state index contributed by atoms with van der Waals surface area (Å²) in [7, 11) is 0. The number of hydrogen-bond acceptors (Lipinski definition) is 3. The highest BCUT2D eigenvalue weighted by Gasteiger charge is 2.43. The number of rotatable bonds is 3. The monoisotopic (exact) mass is 344 g/mol. The third kappa shape index (κ3) is 3.61. The highest BCUT2D eigenvalue weighted by atomic mass is 19.4. The van der Waals surface area contributed by atoms with E-state index in [9.17, 15) is 22.4 Å². The molecule has 1 aliphatic rings. The van der Waals surface area contributed by atoms with Gasteiger partial charge in [0.15, 0.2) is 5.69 Å². The molecule has 0 saturated carbocycles. The van der Waals surface area contributed by atoms with E-state index < -0.39 is 29.1 Å². The zero-order valence-corrected chi connectivity index (χ0v) is 13.0. The van der Waals surface area contributed by atoms with E-state index in [1.54, 1.807) is 11.8 Å². The summed E-state index contributed by atoms with van der Waals surface area (Å²) in [6.07, 6.45) is -4.95. The Morgan fingerprint density at radius 1 is 1.38 bits per heavy atom. The molecule has 1 fully saturated rings. The highest BCUT2D eigenvalue weighted by Crippen LogP contribution is 2.39. The molecular formula is C16H16F4N2O2. The molecule has 0 N–H and O–H groups in total. The lowest BCUT2D eigenvalue weighted by atomic mass is 9.93. The molecule has 0 bridgehead atoms. The van der Waals surface area contributed by atoms with E-state index in [0.717, 1.165) is 12.1 Å². The fourth-order valence-corrected chi connectivity index (χ4v) is 2.63. The number of anilines is 1. The standard InChI is InChI=1S/C16H16F4N2O2/c1-3-24-14(23)15(17)6-8-22(9-7-15)11-4-5-13(21-2)12(10-11)16(18,19)20/h4-5,10H,3,6-9H2,1H3. The zero-order chi connectivity index (χ0) is 18.0. The first-order valence-corrected chi connectivity index (χ1v) is 7.41. The Morgan fingerprint density at radius 3 is 2.50 bits per heavy atom. The van der Waals surface area contributed by atoms with Crippen LogP contribution in [0.1, 0.15) is 25.3 Å². The molecule has 0 atom stereocenters. The number of ether oxygens (including phenoxy) is 1. The van der Waals surface area contributed by atoms with Gasteiger partial charge in [-0.3, -0.25) is 0 Å². The Hall–Kier alpha value is -2.30. The minimum Gasteiger partial charge on any atom is -0.464 e. The number of nitrogens with zero attached hydrogens (tertiary/aromatic N) is 2. The molecule has 1 aromatic carbocycles. The van der Waals surface area contributed by atoms with Crippen LogP contribution in [0.3, 0.4) is 0 Å². The van der Waals surface area contributed by atoms with Gasteiger partial charge < -0.3 is 9.64 Å². The van der Waals surface area contributed by atoms with Crippen LogP contribution in [0.4, 0.5) is 28.9 Å². The largest absolute Gasteiger partial charge is 0.464 e. The predicted octanol–water partition coefficient (Wildman–Crippen LogP) is 4.13. The third-order valence-corrected chi connectivity index (χ3v) is 3.97. The van der Waals surface area contributed by atoms with Crippen molar-refractivity contribution in [1.82, 2.24) is 0 Å². The average molecular weight is 344 g/mol. The molecule has 24 heavy (non-hydrogen) atoms. The van der Waals surface area contributed by atoms with E-state index in [1.165, 1.54) is 6.07 Å². The molecule has 0 spiro atoms. The topological polar surface area (TPSA) is 33.9 Å². The van der Waals surface area contributed by atoms with Crippen LogP contribution in [0.2, 0.25) is 0 Å². The maximum Gasteiger partial charge on any atom is 0.407 e. The fourth-order valence-electron chi connectivity index (χ4n) is 2.63. The summed E-state index contributed by atoms with van der Waals surface area (Å²) in [5.74, 6) is -0.927. The van der Waals surface area contributed by atoms with Gasteiger partial charge in [-0.15, -0.1) is 0 Å². The van der Waals surface area contributed by atoms with Crippen molar-refractivity contribution in [3.8, 4) is 0 Å². The second kappa shape index (κ2) is 6.67. The van der Waals surface area contributed by atoms with Crippen molar-refractivity contribution >= 4 is 17.3 Å². The third-order valence-electron chi connectivity index (χ3n) is 3.97. The number of esters is 1. The van der Waals surface area contributed by atoms with Crippen LogP contribution in [0.15, 0.2) is 18.2 Å². The van der Waals surface area contributed by atoms with Gasteiger partial charge >= 0.3 is 12.1 Å². The van der Waals surface area contributed by atoms with Crippen LogP contribution in [0.25, 0.3) is 4.85 Å². The molecule has 8 heteroatoms. The summed E-state index contributed by atoms with van der Waals surface area (Å²) in [5.41, 5.74) is -3.34. The minimum absolute atomic E-state index is 0.0707. The van der Waals surface area contributed by atoms with Crippen molar-refractivity contribution in [2.45, 2.75) is 31.6 Å². The van der Waals surface area contributed by atoms with E-state index in [1.807, 2.05) is 0 Å². The van der Waals surface area contributed by atoms with E-state index >= 15 is 0 Å². The number of hydrogen-bond donors (Lipinski definition) is 0. The molecule has 4 nitrogen and oxygen atoms in total. The predicted molar refractivity (Wildman–Crippen MR) is 79.6 cm³/mol. The minimum atomic E-state index is -4.64. The number of carbonyl (C=O) groups is 1. The molecule has 1 aromatic rings. The molecule has 0 amide bonds. The molecule has 0 radical (unpaired) electrons. The SMILES string of the molecule is [C-]#[N+]c1ccc(N2CCC(F)(C(=O)OCC)CC2)cc1C(F)(F)F. The average Bonchev–Trinajstić information content (AvgIpc) is 2.54. The van der Waals surface area contributed by atoms with Crippen LogP contribution < -0.4 is 4.90 Å². The summed E-state index contributed by atoms with van der Waals surface area (Å²) >= 11 is 0. The lowest BCUT2D eigenvalue weighted by Crippen LogP contribution is -2.47. The van der Waals surface area contributed by atoms with E-state index in [4.69, 9.17) is 11.3 Å². The summed E-state index contributed by atoms with van der Waals surface area (Å²) in [6, 6.07) is 3.40. The molecule has 0 aromatic heterocycles. The number of halogens is 4. The quantitative estimate of drug-likeness (QED) is 0.470. The van der Waals surface area contributed by atoms with Gasteiger partial charge in [0.2, 0.25) is 5.67 Å². The van der Waals surface area contributed by atoms with Crippen molar-refractivity contribution in [3.63, 3.8) is 0 Å². The first kappa shape index (κ1) is 18.0. The first-order valence-electron chi connectivity index (χ1n) is 7.41. The fraction of sp³-hybridized carbons (Fsp3) is 0.500. The lowest BCUT2D eigenvalue weighted by Gasteiger charge is -2.36. The van der Waals surface area contributed by atoms with Crippen LogP contribution in [-0.2, 0) is 15.7 Å². The van der Waals surface area contributed by atoms with Gasteiger partial charge in [-0.25, -0.2) is 14.0 Å². The lowest BCUT2D eigenvalue weighted by molar-refractivity contribution is -0.158. The van der Waals surface area contributed by atoms with Gasteiger partial charge in [0.25, 0.3) is 0 Å². The second-order valence-corrected chi connectivity index (χ2v) is 5.48. The smallest absolute Gasteiger partial charge is 0.407 e. The number of benzene rings is 1. The first-order chi connectivity index (χ1) is 11.2. The van der Waals surface area contributed by atoms with Gasteiger partial charge in [-0.05, 0) is 19.1 Å². The maximum atomic E-state index is 14.5. The van der Waals surface area contributed by atoms with Crippen molar-refractivity contribution in [2.75, 3.05) is 24.6 Å². The second-order valence-electron chi connectivity index (χ2n) is 5.48. The summed E-state index contributed by atoms with van der Waals surface area (Å²) in [4.78, 5) is 16.1. The molecule has 1 aliphatic heterocycles. The van der Waals surface area contributed by atoms with Crippen LogP contribution in [0, 0.1) is 6.57 Å². The Kier molecular flexibility index (Phi) is 5.02. The Labute approximate surface area is 136 Å². The molecule has 1 heterocycles. The van der Waals surface area contributed by atoms with E-state index in [0.29, 0.717) is 0 Å². The number of carbonyl (C=O) groups excluding carboxylic acids is 1. The molecule has 1 saturated heterocycles. The molecular weight excluding hydrogens is 328 g/mol. The Bertz CT molecular complexity index is 659. The highest BCUT2D eigenvalue weighted by molar-refractivity contribution is 5.80. The van der Waals surface area contributed by atoms with Gasteiger partial charge in [0.05, 0.1) is 18.7 Å². The zero-order valence-electron chi connectivity index (χ0n) is 13.0. The van der Waals surface area contributed by atoms with Gasteiger partial charge in [0.1, 0.15) is 0 Å². The van der Waals surface area contributed by atoms with Gasteiger partial charge in [-0.2, -0.15) is 13.2 Å². The molecule has 130 valence electrons. The van der Waals surface area contributed by atoms with Gasteiger partial charge in [0, 0.05) is 31.6 Å². The van der Waals surface area contributed by atoms with Crippen molar-refractivity contribution in [2.24, 2.45) is 0 Å². The Balaban J connectivity index is 2.18. The Morgan fingerprint density at radius 2 is 2.00 bits per heavy atom. The molecule has 2 rings (SSSR count). The summed E-state index contributed by atoms with van der Waals surface area (Å²) in [6.45, 7) is 8.65. The summed E-state index contributed by atoms with van der Waals surface area (Å²) in [5, 5.41) is 0. The van der Waals surface area contributed by atoms with Crippen molar-refractivity contribution < 1.29 is 27.1 Å². The number of piperidine rings is 1. The van der Waals surface area contributed by atoms with Crippen LogP contribution >= 0.6 is 0 Å². The molecule has 0 unspecified atom stereocenters. The molecule has 0 aliphatic carbocycles. The van der Waals surface area contributed by atoms with Crippen molar-refractivity contribution in [1.29, 1.82) is 0 Å². The number of alkyl halides is 4. The van der Waals surface area contributed by atoms with Crippen LogP contribution in [0.5, 0.6) is 0 Å². The maximum absolute atomic E-state index is 14.5. The van der Waals surface area contributed by atoms with Crippen LogP contribution in [-0.4, -0.2) is 31.3 Å². The summed E-state index contributed by atoms with van der Waals surface area (Å²) < 4.78 is 58.3.